The number of carbonyl (C=O) groups is 1. The van der Waals surface area contributed by atoms with E-state index in [2.05, 4.69) is 5.32 Å². The third-order valence-corrected chi connectivity index (χ3v) is 2.40. The number of aliphatic hydroxyl groups is 1. The zero-order valence-corrected chi connectivity index (χ0v) is 10.2. The van der Waals surface area contributed by atoms with E-state index in [-0.39, 0.29) is 5.91 Å². The number of hydrogen-bond acceptors (Lipinski definition) is 4. The zero-order valence-electron chi connectivity index (χ0n) is 10.2. The lowest BCUT2D eigenvalue weighted by Crippen LogP contribution is -2.25. The van der Waals surface area contributed by atoms with Crippen molar-refractivity contribution in [1.29, 1.82) is 0 Å². The Morgan fingerprint density at radius 2 is 2.18 bits per heavy atom. The molecule has 0 aromatic heterocycles. The number of ether oxygens (including phenoxy) is 1. The summed E-state index contributed by atoms with van der Waals surface area (Å²) in [5, 5.41) is 12.6. The van der Waals surface area contributed by atoms with Gasteiger partial charge in [0.25, 0.3) is 0 Å². The van der Waals surface area contributed by atoms with Gasteiger partial charge in [0.2, 0.25) is 5.91 Å². The summed E-state index contributed by atoms with van der Waals surface area (Å²) in [6.45, 7) is 3.09. The number of carbonyl (C=O) groups excluding carboxylic acids is 1. The maximum absolute atomic E-state index is 11.1. The number of para-hydroxylation sites is 1. The van der Waals surface area contributed by atoms with Crippen LogP contribution >= 0.6 is 0 Å². The number of hydrogen-bond donors (Lipinski definition) is 3. The van der Waals surface area contributed by atoms with Gasteiger partial charge in [-0.1, -0.05) is 12.1 Å². The summed E-state index contributed by atoms with van der Waals surface area (Å²) in [7, 11) is 1.50. The SMILES string of the molecule is COc1cccc(C(O)C(C)N)c1NC(C)=O. The molecular weight excluding hydrogens is 220 g/mol. The first-order chi connectivity index (χ1) is 7.97. The van der Waals surface area contributed by atoms with E-state index in [9.17, 15) is 9.90 Å². The molecule has 94 valence electrons. The minimum absolute atomic E-state index is 0.229. The summed E-state index contributed by atoms with van der Waals surface area (Å²) < 4.78 is 5.15. The van der Waals surface area contributed by atoms with Gasteiger partial charge in [0.15, 0.2) is 0 Å². The van der Waals surface area contributed by atoms with Crippen LogP contribution in [0.4, 0.5) is 5.69 Å². The van der Waals surface area contributed by atoms with Crippen molar-refractivity contribution in [3.63, 3.8) is 0 Å². The molecule has 1 aromatic carbocycles. The molecule has 0 heterocycles. The molecule has 1 rings (SSSR count). The average Bonchev–Trinajstić information content (AvgIpc) is 2.27. The monoisotopic (exact) mass is 238 g/mol. The number of anilines is 1. The Morgan fingerprint density at radius 1 is 1.53 bits per heavy atom. The third kappa shape index (κ3) is 3.18. The predicted octanol–water partition coefficient (Wildman–Crippen LogP) is 1.03. The number of rotatable bonds is 4. The van der Waals surface area contributed by atoms with Crippen molar-refractivity contribution in [2.45, 2.75) is 26.0 Å². The molecular formula is C12H18N2O3. The smallest absolute Gasteiger partial charge is 0.221 e. The van der Waals surface area contributed by atoms with E-state index in [1.165, 1.54) is 14.0 Å². The van der Waals surface area contributed by atoms with Crippen LogP contribution in [0.1, 0.15) is 25.5 Å². The minimum Gasteiger partial charge on any atom is -0.495 e. The predicted molar refractivity (Wildman–Crippen MR) is 65.9 cm³/mol. The molecule has 5 nitrogen and oxygen atoms in total. The van der Waals surface area contributed by atoms with Crippen molar-refractivity contribution in [3.8, 4) is 5.75 Å². The molecule has 0 aliphatic carbocycles. The van der Waals surface area contributed by atoms with E-state index in [1.807, 2.05) is 0 Å². The number of nitrogens with two attached hydrogens (primary N) is 1. The standard InChI is InChI=1S/C12H18N2O3/c1-7(13)12(16)9-5-4-6-10(17-3)11(9)14-8(2)15/h4-7,12,16H,13H2,1-3H3,(H,14,15). The van der Waals surface area contributed by atoms with Gasteiger partial charge >= 0.3 is 0 Å². The molecule has 0 saturated heterocycles. The first-order valence-corrected chi connectivity index (χ1v) is 5.35. The van der Waals surface area contributed by atoms with Crippen LogP contribution in [0.25, 0.3) is 0 Å². The molecule has 0 saturated carbocycles. The average molecular weight is 238 g/mol. The van der Waals surface area contributed by atoms with Gasteiger partial charge in [-0.3, -0.25) is 4.79 Å². The quantitative estimate of drug-likeness (QED) is 0.731. The third-order valence-electron chi connectivity index (χ3n) is 2.40. The van der Waals surface area contributed by atoms with Gasteiger partial charge in [-0.25, -0.2) is 0 Å². The molecule has 0 spiro atoms. The Morgan fingerprint density at radius 3 is 2.65 bits per heavy atom. The van der Waals surface area contributed by atoms with Crippen molar-refractivity contribution < 1.29 is 14.6 Å². The second kappa shape index (κ2) is 5.65. The van der Waals surface area contributed by atoms with E-state index in [4.69, 9.17) is 10.5 Å². The maximum Gasteiger partial charge on any atom is 0.221 e. The second-order valence-corrected chi connectivity index (χ2v) is 3.91. The Bertz CT molecular complexity index is 405. The number of amides is 1. The highest BCUT2D eigenvalue weighted by Gasteiger charge is 2.19. The van der Waals surface area contributed by atoms with Crippen LogP contribution in [0.3, 0.4) is 0 Å². The number of nitrogens with one attached hydrogen (secondary N) is 1. The van der Waals surface area contributed by atoms with Crippen molar-refractivity contribution in [2.24, 2.45) is 5.73 Å². The fourth-order valence-electron chi connectivity index (χ4n) is 1.56. The van der Waals surface area contributed by atoms with Gasteiger partial charge in [0.1, 0.15) is 5.75 Å². The highest BCUT2D eigenvalue weighted by atomic mass is 16.5. The Balaban J connectivity index is 3.23. The number of aliphatic hydroxyl groups excluding tert-OH is 1. The molecule has 0 aliphatic heterocycles. The zero-order chi connectivity index (χ0) is 13.0. The van der Waals surface area contributed by atoms with Gasteiger partial charge in [0, 0.05) is 18.5 Å². The normalized spacial score (nSPS) is 13.9. The van der Waals surface area contributed by atoms with E-state index in [1.54, 1.807) is 25.1 Å². The summed E-state index contributed by atoms with van der Waals surface area (Å²) in [5.74, 6) is 0.269. The molecule has 5 heteroatoms. The topological polar surface area (TPSA) is 84.6 Å². The molecule has 1 amide bonds. The summed E-state index contributed by atoms with van der Waals surface area (Å²) in [5.41, 5.74) is 6.67. The summed E-state index contributed by atoms with van der Waals surface area (Å²) in [6, 6.07) is 4.73. The molecule has 0 aliphatic rings. The van der Waals surface area contributed by atoms with Crippen molar-refractivity contribution in [1.82, 2.24) is 0 Å². The molecule has 0 radical (unpaired) electrons. The highest BCUT2D eigenvalue weighted by molar-refractivity contribution is 5.91. The second-order valence-electron chi connectivity index (χ2n) is 3.91. The van der Waals surface area contributed by atoms with Crippen LogP contribution in [0.15, 0.2) is 18.2 Å². The molecule has 2 unspecified atom stereocenters. The van der Waals surface area contributed by atoms with Gasteiger partial charge < -0.3 is 20.9 Å². The molecule has 0 fully saturated rings. The van der Waals surface area contributed by atoms with Crippen LogP contribution < -0.4 is 15.8 Å². The van der Waals surface area contributed by atoms with Gasteiger partial charge in [-0.2, -0.15) is 0 Å². The van der Waals surface area contributed by atoms with Crippen LogP contribution in [0.2, 0.25) is 0 Å². The van der Waals surface area contributed by atoms with E-state index < -0.39 is 12.1 Å². The lowest BCUT2D eigenvalue weighted by molar-refractivity contribution is -0.114. The minimum atomic E-state index is -0.855. The Kier molecular flexibility index (Phi) is 4.48. The summed E-state index contributed by atoms with van der Waals surface area (Å²) in [4.78, 5) is 11.1. The molecule has 4 N–H and O–H groups in total. The first kappa shape index (κ1) is 13.5. The lowest BCUT2D eigenvalue weighted by atomic mass is 10.0. The lowest BCUT2D eigenvalue weighted by Gasteiger charge is -2.20. The molecule has 0 bridgehead atoms. The van der Waals surface area contributed by atoms with E-state index >= 15 is 0 Å². The maximum atomic E-state index is 11.1. The Hall–Kier alpha value is -1.59. The fraction of sp³-hybridized carbons (Fsp3) is 0.417. The van der Waals surface area contributed by atoms with Gasteiger partial charge in [-0.05, 0) is 13.0 Å². The highest BCUT2D eigenvalue weighted by Crippen LogP contribution is 2.33. The summed E-state index contributed by atoms with van der Waals surface area (Å²) >= 11 is 0. The van der Waals surface area contributed by atoms with Crippen LogP contribution in [0.5, 0.6) is 5.75 Å². The van der Waals surface area contributed by atoms with Crippen LogP contribution in [0, 0.1) is 0 Å². The van der Waals surface area contributed by atoms with Gasteiger partial charge in [-0.15, -0.1) is 0 Å². The first-order valence-electron chi connectivity index (χ1n) is 5.35. The Labute approximate surface area is 101 Å². The largest absolute Gasteiger partial charge is 0.495 e. The van der Waals surface area contributed by atoms with E-state index in [0.717, 1.165) is 0 Å². The van der Waals surface area contributed by atoms with Crippen molar-refractivity contribution in [2.75, 3.05) is 12.4 Å². The molecule has 2 atom stereocenters. The van der Waals surface area contributed by atoms with E-state index in [0.29, 0.717) is 17.0 Å². The molecule has 17 heavy (non-hydrogen) atoms. The van der Waals surface area contributed by atoms with Crippen molar-refractivity contribution in [3.05, 3.63) is 23.8 Å². The number of benzene rings is 1. The number of methoxy groups -OCH3 is 1. The summed E-state index contributed by atoms with van der Waals surface area (Å²) in [6.07, 6.45) is -0.855. The van der Waals surface area contributed by atoms with Gasteiger partial charge in [0.05, 0.1) is 18.9 Å². The van der Waals surface area contributed by atoms with Crippen LogP contribution in [-0.2, 0) is 4.79 Å². The van der Waals surface area contributed by atoms with Crippen LogP contribution in [-0.4, -0.2) is 24.2 Å². The molecule has 1 aromatic rings. The van der Waals surface area contributed by atoms with Crippen molar-refractivity contribution >= 4 is 11.6 Å². The fourth-order valence-corrected chi connectivity index (χ4v) is 1.56.